The van der Waals surface area contributed by atoms with Crippen LogP contribution in [-0.4, -0.2) is 14.8 Å². The van der Waals surface area contributed by atoms with Gasteiger partial charge in [0, 0.05) is 16.6 Å². The van der Waals surface area contributed by atoms with Gasteiger partial charge in [-0.1, -0.05) is 29.8 Å². The fourth-order valence-electron chi connectivity index (χ4n) is 2.04. The Morgan fingerprint density at radius 2 is 1.90 bits per heavy atom. The Labute approximate surface area is 132 Å². The Bertz CT molecular complexity index is 787. The molecule has 0 unspecified atom stereocenters. The maximum atomic E-state index is 6.47. The van der Waals surface area contributed by atoms with E-state index in [2.05, 4.69) is 10.1 Å². The van der Waals surface area contributed by atoms with Gasteiger partial charge in [0.2, 0.25) is 0 Å². The Hall–Kier alpha value is -1.91. The van der Waals surface area contributed by atoms with Crippen LogP contribution in [0.15, 0.2) is 35.7 Å². The molecule has 0 saturated carbocycles. The van der Waals surface area contributed by atoms with Crippen LogP contribution >= 0.6 is 22.9 Å². The van der Waals surface area contributed by atoms with Crippen LogP contribution in [0.25, 0.3) is 17.8 Å². The number of nitrogens with zero attached hydrogens (tertiary/aromatic N) is 3. The molecule has 21 heavy (non-hydrogen) atoms. The third-order valence-corrected chi connectivity index (χ3v) is 4.37. The number of thiazole rings is 1. The minimum absolute atomic E-state index is 0.614. The maximum absolute atomic E-state index is 6.47. The van der Waals surface area contributed by atoms with Gasteiger partial charge in [0.05, 0.1) is 11.4 Å². The lowest BCUT2D eigenvalue weighted by Crippen LogP contribution is -1.95. The van der Waals surface area contributed by atoms with Crippen LogP contribution in [0.5, 0.6) is 0 Å². The van der Waals surface area contributed by atoms with Crippen molar-refractivity contribution in [3.63, 3.8) is 0 Å². The molecule has 0 radical (unpaired) electrons. The van der Waals surface area contributed by atoms with E-state index in [1.807, 2.05) is 61.7 Å². The molecule has 0 N–H and O–H groups in total. The third kappa shape index (κ3) is 2.91. The predicted molar refractivity (Wildman–Crippen MR) is 89.1 cm³/mol. The number of aryl methyl sites for hydroxylation is 2. The van der Waals surface area contributed by atoms with Crippen molar-refractivity contribution in [2.24, 2.45) is 0 Å². The number of aromatic nitrogens is 3. The van der Waals surface area contributed by atoms with Crippen molar-refractivity contribution in [2.75, 3.05) is 0 Å². The molecular weight excluding hydrogens is 302 g/mol. The van der Waals surface area contributed by atoms with Gasteiger partial charge in [0.15, 0.2) is 0 Å². The predicted octanol–water partition coefficient (Wildman–Crippen LogP) is 4.77. The quantitative estimate of drug-likeness (QED) is 0.697. The second-order valence-corrected chi connectivity index (χ2v) is 5.95. The molecule has 0 aliphatic rings. The smallest absolute Gasteiger partial charge is 0.140 e. The van der Waals surface area contributed by atoms with Gasteiger partial charge in [-0.2, -0.15) is 5.10 Å². The van der Waals surface area contributed by atoms with Crippen LogP contribution in [0, 0.1) is 13.8 Å². The first-order valence-electron chi connectivity index (χ1n) is 6.56. The standard InChI is InChI=1S/C16H14ClN3S/c1-11-10-21-15(18-11)9-8-14-12(2)19-20(16(14)17)13-6-4-3-5-7-13/h3-10H,1-2H3/b9-8+. The first-order chi connectivity index (χ1) is 10.1. The van der Waals surface area contributed by atoms with E-state index in [9.17, 15) is 0 Å². The van der Waals surface area contributed by atoms with Crippen LogP contribution in [0.2, 0.25) is 5.15 Å². The average Bonchev–Trinajstić information content (AvgIpc) is 3.02. The van der Waals surface area contributed by atoms with Gasteiger partial charge in [-0.3, -0.25) is 0 Å². The van der Waals surface area contributed by atoms with Gasteiger partial charge in [0.1, 0.15) is 10.2 Å². The Morgan fingerprint density at radius 3 is 2.57 bits per heavy atom. The number of hydrogen-bond donors (Lipinski definition) is 0. The third-order valence-electron chi connectivity index (χ3n) is 3.08. The van der Waals surface area contributed by atoms with Crippen molar-refractivity contribution in [1.29, 1.82) is 0 Å². The highest BCUT2D eigenvalue weighted by Crippen LogP contribution is 2.25. The molecule has 106 valence electrons. The van der Waals surface area contributed by atoms with Crippen LogP contribution < -0.4 is 0 Å². The lowest BCUT2D eigenvalue weighted by atomic mass is 10.2. The summed E-state index contributed by atoms with van der Waals surface area (Å²) in [5.74, 6) is 0. The molecule has 0 atom stereocenters. The highest BCUT2D eigenvalue weighted by Gasteiger charge is 2.12. The molecule has 2 aromatic heterocycles. The molecule has 1 aromatic carbocycles. The minimum Gasteiger partial charge on any atom is -0.242 e. The summed E-state index contributed by atoms with van der Waals surface area (Å²) in [6, 6.07) is 9.87. The number of hydrogen-bond acceptors (Lipinski definition) is 3. The van der Waals surface area contributed by atoms with E-state index in [1.54, 1.807) is 16.0 Å². The van der Waals surface area contributed by atoms with Crippen molar-refractivity contribution < 1.29 is 0 Å². The summed E-state index contributed by atoms with van der Waals surface area (Å²) in [5.41, 5.74) is 3.81. The van der Waals surface area contributed by atoms with Gasteiger partial charge in [-0.15, -0.1) is 11.3 Å². The Balaban J connectivity index is 1.97. The van der Waals surface area contributed by atoms with Crippen LogP contribution in [0.1, 0.15) is 22.0 Å². The van der Waals surface area contributed by atoms with Crippen molar-refractivity contribution in [1.82, 2.24) is 14.8 Å². The zero-order valence-electron chi connectivity index (χ0n) is 11.7. The van der Waals surface area contributed by atoms with Gasteiger partial charge < -0.3 is 0 Å². The van der Waals surface area contributed by atoms with Gasteiger partial charge in [-0.05, 0) is 38.1 Å². The zero-order valence-corrected chi connectivity index (χ0v) is 13.3. The largest absolute Gasteiger partial charge is 0.242 e. The molecule has 0 saturated heterocycles. The molecule has 0 bridgehead atoms. The molecule has 3 rings (SSSR count). The second-order valence-electron chi connectivity index (χ2n) is 4.70. The van der Waals surface area contributed by atoms with E-state index in [4.69, 9.17) is 11.6 Å². The molecule has 0 amide bonds. The Kier molecular flexibility index (Phi) is 3.90. The topological polar surface area (TPSA) is 30.7 Å². The molecule has 0 aliphatic heterocycles. The van der Waals surface area contributed by atoms with Gasteiger partial charge in [0.25, 0.3) is 0 Å². The summed E-state index contributed by atoms with van der Waals surface area (Å²) in [7, 11) is 0. The molecule has 0 fully saturated rings. The van der Waals surface area contributed by atoms with Crippen molar-refractivity contribution in [3.05, 3.63) is 62.8 Å². The van der Waals surface area contributed by atoms with Crippen LogP contribution in [0.4, 0.5) is 0 Å². The monoisotopic (exact) mass is 315 g/mol. The summed E-state index contributed by atoms with van der Waals surface area (Å²) in [5, 5.41) is 8.13. The molecule has 5 heteroatoms. The zero-order chi connectivity index (χ0) is 14.8. The first-order valence-corrected chi connectivity index (χ1v) is 7.81. The average molecular weight is 316 g/mol. The van der Waals surface area contributed by atoms with Gasteiger partial charge >= 0.3 is 0 Å². The first kappa shape index (κ1) is 14.0. The molecule has 0 aliphatic carbocycles. The lowest BCUT2D eigenvalue weighted by Gasteiger charge is -2.01. The summed E-state index contributed by atoms with van der Waals surface area (Å²) >= 11 is 8.08. The molecule has 3 aromatic rings. The highest BCUT2D eigenvalue weighted by atomic mass is 35.5. The van der Waals surface area contributed by atoms with Crippen molar-refractivity contribution >= 4 is 35.1 Å². The Morgan fingerprint density at radius 1 is 1.14 bits per heavy atom. The normalized spacial score (nSPS) is 11.4. The van der Waals surface area contributed by atoms with Crippen molar-refractivity contribution in [2.45, 2.75) is 13.8 Å². The summed E-state index contributed by atoms with van der Waals surface area (Å²) in [6.45, 7) is 3.94. The van der Waals surface area contributed by atoms with E-state index in [-0.39, 0.29) is 0 Å². The second kappa shape index (κ2) is 5.84. The minimum atomic E-state index is 0.614. The fraction of sp³-hybridized carbons (Fsp3) is 0.125. The van der Waals surface area contributed by atoms with Crippen LogP contribution in [-0.2, 0) is 0 Å². The number of para-hydroxylation sites is 1. The molecule has 0 spiro atoms. The van der Waals surface area contributed by atoms with E-state index >= 15 is 0 Å². The fourth-order valence-corrected chi connectivity index (χ4v) is 3.07. The number of rotatable bonds is 3. The van der Waals surface area contributed by atoms with Gasteiger partial charge in [-0.25, -0.2) is 9.67 Å². The van der Waals surface area contributed by atoms with E-state index in [0.29, 0.717) is 5.15 Å². The number of halogens is 1. The summed E-state index contributed by atoms with van der Waals surface area (Å²) < 4.78 is 1.75. The maximum Gasteiger partial charge on any atom is 0.140 e. The molecule has 2 heterocycles. The SMILES string of the molecule is Cc1csc(/C=C/c2c(C)nn(-c3ccccc3)c2Cl)n1. The van der Waals surface area contributed by atoms with Crippen LogP contribution in [0.3, 0.4) is 0 Å². The van der Waals surface area contributed by atoms with E-state index < -0.39 is 0 Å². The summed E-state index contributed by atoms with van der Waals surface area (Å²) in [4.78, 5) is 4.41. The van der Waals surface area contributed by atoms with E-state index in [0.717, 1.165) is 27.6 Å². The highest BCUT2D eigenvalue weighted by molar-refractivity contribution is 7.10. The molecular formula is C16H14ClN3S. The lowest BCUT2D eigenvalue weighted by molar-refractivity contribution is 0.863. The summed E-state index contributed by atoms with van der Waals surface area (Å²) in [6.07, 6.45) is 3.95. The molecule has 3 nitrogen and oxygen atoms in total. The van der Waals surface area contributed by atoms with E-state index in [1.165, 1.54) is 0 Å². The number of benzene rings is 1. The van der Waals surface area contributed by atoms with Crippen molar-refractivity contribution in [3.8, 4) is 5.69 Å².